The number of carbonyl (C=O) groups excluding carboxylic acids is 1. The second-order valence-electron chi connectivity index (χ2n) is 5.40. The van der Waals surface area contributed by atoms with Gasteiger partial charge in [-0.3, -0.25) is 10.6 Å². The van der Waals surface area contributed by atoms with Gasteiger partial charge in [0.25, 0.3) is 5.91 Å². The molecular formula is C15H24N4O. The first-order chi connectivity index (χ1) is 9.63. The highest BCUT2D eigenvalue weighted by Gasteiger charge is 2.21. The molecule has 1 amide bonds. The Balaban J connectivity index is 2.04. The summed E-state index contributed by atoms with van der Waals surface area (Å²) in [6, 6.07) is 5.85. The van der Waals surface area contributed by atoms with Gasteiger partial charge in [-0.15, -0.1) is 0 Å². The lowest BCUT2D eigenvalue weighted by molar-refractivity contribution is 0.0906. The molecule has 5 nitrogen and oxygen atoms in total. The highest BCUT2D eigenvalue weighted by atomic mass is 16.1. The number of likely N-dealkylation sites (N-methyl/N-ethyl adjacent to an activating group) is 1. The summed E-state index contributed by atoms with van der Waals surface area (Å²) in [5.74, 6) is 5.44. The Hall–Kier alpha value is -1.59. The zero-order valence-electron chi connectivity index (χ0n) is 12.3. The summed E-state index contributed by atoms with van der Waals surface area (Å²) in [7, 11) is 0. The number of aryl methyl sites for hydroxylation is 1. The first kappa shape index (κ1) is 14.8. The normalized spacial score (nSPS) is 19.6. The van der Waals surface area contributed by atoms with Gasteiger partial charge in [0, 0.05) is 12.6 Å². The lowest BCUT2D eigenvalue weighted by Gasteiger charge is -2.32. The number of rotatable bonds is 4. The van der Waals surface area contributed by atoms with E-state index in [0.29, 0.717) is 11.3 Å². The first-order valence-electron chi connectivity index (χ1n) is 7.24. The van der Waals surface area contributed by atoms with Crippen LogP contribution in [-0.2, 0) is 0 Å². The largest absolute Gasteiger partial charge is 0.348 e. The number of hydrogen-bond acceptors (Lipinski definition) is 4. The van der Waals surface area contributed by atoms with Gasteiger partial charge < -0.3 is 15.6 Å². The van der Waals surface area contributed by atoms with E-state index in [-0.39, 0.29) is 11.9 Å². The Morgan fingerprint density at radius 3 is 3.00 bits per heavy atom. The number of nitrogens with one attached hydrogen (secondary N) is 2. The number of likely N-dealkylation sites (tertiary alicyclic amines) is 1. The molecule has 1 aromatic carbocycles. The lowest BCUT2D eigenvalue weighted by atomic mass is 10.0. The molecule has 0 aliphatic carbocycles. The average Bonchev–Trinajstić information content (AvgIpc) is 2.47. The molecular weight excluding hydrogens is 252 g/mol. The fraction of sp³-hybridized carbons (Fsp3) is 0.533. The van der Waals surface area contributed by atoms with Crippen molar-refractivity contribution in [2.24, 2.45) is 5.84 Å². The van der Waals surface area contributed by atoms with Crippen LogP contribution in [0.15, 0.2) is 18.2 Å². The number of nitrogens with zero attached hydrogens (tertiary/aromatic N) is 1. The molecule has 0 saturated carbocycles. The minimum Gasteiger partial charge on any atom is -0.348 e. The smallest absolute Gasteiger partial charge is 0.253 e. The van der Waals surface area contributed by atoms with E-state index in [4.69, 9.17) is 5.84 Å². The molecule has 1 fully saturated rings. The number of benzene rings is 1. The molecule has 4 N–H and O–H groups in total. The highest BCUT2D eigenvalue weighted by Crippen LogP contribution is 2.17. The topological polar surface area (TPSA) is 70.4 Å². The van der Waals surface area contributed by atoms with Crippen molar-refractivity contribution in [1.82, 2.24) is 10.2 Å². The van der Waals surface area contributed by atoms with Gasteiger partial charge in [-0.1, -0.05) is 13.0 Å². The maximum Gasteiger partial charge on any atom is 0.253 e. The van der Waals surface area contributed by atoms with Crippen LogP contribution in [0.3, 0.4) is 0 Å². The third kappa shape index (κ3) is 3.49. The predicted octanol–water partition coefficient (Wildman–Crippen LogP) is 1.49. The van der Waals surface area contributed by atoms with E-state index in [0.717, 1.165) is 38.0 Å². The summed E-state index contributed by atoms with van der Waals surface area (Å²) in [6.07, 6.45) is 2.17. The number of carbonyl (C=O) groups is 1. The maximum absolute atomic E-state index is 12.4. The molecule has 1 aliphatic rings. The molecule has 1 unspecified atom stereocenters. The second kappa shape index (κ2) is 6.72. The number of amides is 1. The zero-order chi connectivity index (χ0) is 14.5. The lowest BCUT2D eigenvalue weighted by Crippen LogP contribution is -2.47. The first-order valence-corrected chi connectivity index (χ1v) is 7.24. The van der Waals surface area contributed by atoms with E-state index >= 15 is 0 Å². The van der Waals surface area contributed by atoms with Crippen LogP contribution >= 0.6 is 0 Å². The van der Waals surface area contributed by atoms with E-state index in [1.807, 2.05) is 25.1 Å². The molecule has 0 radical (unpaired) electrons. The summed E-state index contributed by atoms with van der Waals surface area (Å²) >= 11 is 0. The average molecular weight is 276 g/mol. The molecule has 1 heterocycles. The van der Waals surface area contributed by atoms with Gasteiger partial charge in [0.1, 0.15) is 0 Å². The molecule has 0 aromatic heterocycles. The predicted molar refractivity (Wildman–Crippen MR) is 81.6 cm³/mol. The summed E-state index contributed by atoms with van der Waals surface area (Å²) in [4.78, 5) is 14.7. The molecule has 2 rings (SSSR count). The second-order valence-corrected chi connectivity index (χ2v) is 5.40. The van der Waals surface area contributed by atoms with Crippen LogP contribution in [0, 0.1) is 6.92 Å². The molecule has 1 atom stereocenters. The van der Waals surface area contributed by atoms with Crippen molar-refractivity contribution in [1.29, 1.82) is 0 Å². The molecule has 1 saturated heterocycles. The van der Waals surface area contributed by atoms with Crippen LogP contribution in [0.4, 0.5) is 5.69 Å². The fourth-order valence-electron chi connectivity index (χ4n) is 2.70. The molecule has 0 spiro atoms. The van der Waals surface area contributed by atoms with Crippen LogP contribution in [-0.4, -0.2) is 36.5 Å². The van der Waals surface area contributed by atoms with Crippen molar-refractivity contribution in [3.05, 3.63) is 29.3 Å². The molecule has 5 heteroatoms. The van der Waals surface area contributed by atoms with Gasteiger partial charge >= 0.3 is 0 Å². The van der Waals surface area contributed by atoms with Crippen molar-refractivity contribution < 1.29 is 4.79 Å². The van der Waals surface area contributed by atoms with Crippen LogP contribution in [0.25, 0.3) is 0 Å². The quantitative estimate of drug-likeness (QED) is 0.576. The Labute approximate surface area is 120 Å². The monoisotopic (exact) mass is 276 g/mol. The van der Waals surface area contributed by atoms with Crippen LogP contribution < -0.4 is 16.6 Å². The van der Waals surface area contributed by atoms with E-state index in [1.165, 1.54) is 0 Å². The van der Waals surface area contributed by atoms with E-state index < -0.39 is 0 Å². The summed E-state index contributed by atoms with van der Waals surface area (Å²) < 4.78 is 0. The maximum atomic E-state index is 12.4. The molecule has 1 aliphatic heterocycles. The number of hydrazine groups is 1. The van der Waals surface area contributed by atoms with Crippen molar-refractivity contribution in [3.63, 3.8) is 0 Å². The fourth-order valence-corrected chi connectivity index (χ4v) is 2.70. The van der Waals surface area contributed by atoms with Gasteiger partial charge in [0.05, 0.1) is 11.3 Å². The van der Waals surface area contributed by atoms with Gasteiger partial charge in [-0.25, -0.2) is 0 Å². The Morgan fingerprint density at radius 2 is 2.30 bits per heavy atom. The Kier molecular flexibility index (Phi) is 4.98. The zero-order valence-corrected chi connectivity index (χ0v) is 12.3. The third-order valence-electron chi connectivity index (χ3n) is 3.86. The molecule has 1 aromatic rings. The van der Waals surface area contributed by atoms with Crippen LogP contribution in [0.1, 0.15) is 35.7 Å². The number of nitrogen functional groups attached to an aromatic ring is 1. The van der Waals surface area contributed by atoms with E-state index in [1.54, 1.807) is 0 Å². The van der Waals surface area contributed by atoms with Gasteiger partial charge in [0.15, 0.2) is 0 Å². The van der Waals surface area contributed by atoms with Gasteiger partial charge in [-0.2, -0.15) is 0 Å². The van der Waals surface area contributed by atoms with Crippen LogP contribution in [0.5, 0.6) is 0 Å². The summed E-state index contributed by atoms with van der Waals surface area (Å²) in [5, 5.41) is 3.12. The van der Waals surface area contributed by atoms with Crippen LogP contribution in [0.2, 0.25) is 0 Å². The van der Waals surface area contributed by atoms with Gasteiger partial charge in [-0.05, 0) is 50.6 Å². The summed E-state index contributed by atoms with van der Waals surface area (Å²) in [6.45, 7) is 7.22. The third-order valence-corrected chi connectivity index (χ3v) is 3.86. The van der Waals surface area contributed by atoms with E-state index in [9.17, 15) is 4.79 Å². The Bertz CT molecular complexity index is 475. The van der Waals surface area contributed by atoms with Crippen molar-refractivity contribution >= 4 is 11.6 Å². The van der Waals surface area contributed by atoms with E-state index in [2.05, 4.69) is 22.6 Å². The SMILES string of the molecule is CCN1CCCC(NC(=O)c2ccc(C)cc2NN)C1. The minimum atomic E-state index is -0.0547. The number of piperidine rings is 1. The Morgan fingerprint density at radius 1 is 1.50 bits per heavy atom. The standard InChI is InChI=1S/C15H24N4O/c1-3-19-8-4-5-12(10-19)17-15(20)13-7-6-11(2)9-14(13)18-16/h6-7,9,12,18H,3-5,8,10,16H2,1-2H3,(H,17,20). The minimum absolute atomic E-state index is 0.0547. The highest BCUT2D eigenvalue weighted by molar-refractivity contribution is 5.99. The number of nitrogens with two attached hydrogens (primary N) is 1. The number of hydrogen-bond donors (Lipinski definition) is 3. The molecule has 20 heavy (non-hydrogen) atoms. The van der Waals surface area contributed by atoms with Crippen molar-refractivity contribution in [2.75, 3.05) is 25.1 Å². The van der Waals surface area contributed by atoms with Gasteiger partial charge in [0.2, 0.25) is 0 Å². The number of anilines is 1. The molecule has 110 valence electrons. The molecule has 0 bridgehead atoms. The summed E-state index contributed by atoms with van der Waals surface area (Å²) in [5.41, 5.74) is 4.95. The van der Waals surface area contributed by atoms with Crippen molar-refractivity contribution in [2.45, 2.75) is 32.7 Å². The van der Waals surface area contributed by atoms with Crippen molar-refractivity contribution in [3.8, 4) is 0 Å².